The number of hydrogen-bond acceptors (Lipinski definition) is 21. The minimum atomic E-state index is -3.92. The number of halogens is 4. The predicted octanol–water partition coefficient (Wildman–Crippen LogP) is 6.07. The number of benzene rings is 2. The molecule has 8 heterocycles. The molecule has 0 bridgehead atoms. The number of allylic oxidation sites excluding steroid dienone is 2. The van der Waals surface area contributed by atoms with Gasteiger partial charge in [0.25, 0.3) is 11.8 Å². The maximum atomic E-state index is 14.4. The van der Waals surface area contributed by atoms with E-state index in [4.69, 9.17) is 45.8 Å². The molecule has 14 rings (SSSR count). The average Bonchev–Trinajstić information content (AvgIpc) is 1.58. The topological polar surface area (TPSA) is 393 Å². The molecule has 4 saturated heterocycles. The number of alkyl carbamates (subject to hydrolysis) is 1. The summed E-state index contributed by atoms with van der Waals surface area (Å²) in [6, 6.07) is 4.99. The number of hydrogen-bond donors (Lipinski definition) is 6. The summed E-state index contributed by atoms with van der Waals surface area (Å²) in [5.74, 6) is -5.78. The zero-order valence-electron chi connectivity index (χ0n) is 59.7. The van der Waals surface area contributed by atoms with Crippen LogP contribution in [0, 0.1) is 23.5 Å². The molecule has 108 heavy (non-hydrogen) atoms. The summed E-state index contributed by atoms with van der Waals surface area (Å²) in [6.07, 6.45) is 14.2. The van der Waals surface area contributed by atoms with E-state index in [2.05, 4.69) is 25.4 Å². The van der Waals surface area contributed by atoms with Crippen molar-refractivity contribution in [2.75, 3.05) is 39.5 Å². The number of amides is 9. The smallest absolute Gasteiger partial charge is 0.410 e. The van der Waals surface area contributed by atoms with Crippen LogP contribution in [0.4, 0.5) is 28.0 Å². The molecule has 12 aliphatic rings. The largest absolute Gasteiger partial charge is 0.450 e. The van der Waals surface area contributed by atoms with E-state index in [-0.39, 0.29) is 96.0 Å². The summed E-state index contributed by atoms with van der Waals surface area (Å²) in [5.41, 5.74) is 4.65. The zero-order chi connectivity index (χ0) is 76.0. The van der Waals surface area contributed by atoms with Gasteiger partial charge in [-0.3, -0.25) is 48.0 Å². The van der Waals surface area contributed by atoms with Crippen LogP contribution < -0.4 is 31.1 Å². The Hall–Kier alpha value is -7.76. The van der Waals surface area contributed by atoms with Gasteiger partial charge in [0.2, 0.25) is 43.7 Å². The van der Waals surface area contributed by atoms with E-state index < -0.39 is 161 Å². The highest BCUT2D eigenvalue weighted by Gasteiger charge is 2.64. The molecular formula is C72H94Cl2F2N10O20S2. The second-order valence-electron chi connectivity index (χ2n) is 29.7. The molecule has 0 radical (unpaired) electrons. The van der Waals surface area contributed by atoms with Gasteiger partial charge in [0.1, 0.15) is 65.3 Å². The van der Waals surface area contributed by atoms with E-state index in [9.17, 15) is 73.6 Å². The van der Waals surface area contributed by atoms with Crippen molar-refractivity contribution in [1.29, 1.82) is 0 Å². The molecule has 592 valence electrons. The van der Waals surface area contributed by atoms with Gasteiger partial charge in [-0.1, -0.05) is 74.3 Å². The normalized spacial score (nSPS) is 29.5. The van der Waals surface area contributed by atoms with Crippen LogP contribution >= 0.6 is 24.0 Å². The number of nitrogens with one attached hydrogen (secondary N) is 5. The maximum absolute atomic E-state index is 14.4. The third-order valence-corrected chi connectivity index (χ3v) is 25.5. The fourth-order valence-corrected chi connectivity index (χ4v) is 17.9. The van der Waals surface area contributed by atoms with Crippen molar-refractivity contribution in [3.8, 4) is 0 Å². The highest BCUT2D eigenvalue weighted by atomic mass is 35.5. The summed E-state index contributed by atoms with van der Waals surface area (Å²) < 4.78 is 116. The van der Waals surface area contributed by atoms with Crippen LogP contribution in [-0.4, -0.2) is 205 Å². The molecule has 0 aromatic heterocycles. The zero-order valence-corrected chi connectivity index (χ0v) is 62.9. The highest BCUT2D eigenvalue weighted by molar-refractivity contribution is 7.91. The van der Waals surface area contributed by atoms with E-state index >= 15 is 0 Å². The third kappa shape index (κ3) is 19.9. The van der Waals surface area contributed by atoms with Gasteiger partial charge in [-0.05, 0) is 100 Å². The fraction of sp³-hybridized carbons (Fsp3) is 0.639. The Labute approximate surface area is 636 Å². The number of fused-ring (bicyclic) bond motifs is 6. The van der Waals surface area contributed by atoms with Crippen molar-refractivity contribution in [3.63, 3.8) is 0 Å². The number of sulfonamides is 2. The van der Waals surface area contributed by atoms with E-state index in [0.29, 0.717) is 113 Å². The van der Waals surface area contributed by atoms with Gasteiger partial charge < -0.3 is 59.9 Å². The molecule has 2 aromatic carbocycles. The van der Waals surface area contributed by atoms with Gasteiger partial charge in [0.15, 0.2) is 0 Å². The van der Waals surface area contributed by atoms with Gasteiger partial charge in [-0.2, -0.15) is 0 Å². The molecule has 4 saturated carbocycles. The van der Waals surface area contributed by atoms with Crippen LogP contribution in [0.5, 0.6) is 0 Å². The monoisotopic (exact) mass is 1590 g/mol. The number of carbonyl (C=O) groups is 10. The third-order valence-electron chi connectivity index (χ3n) is 21.8. The van der Waals surface area contributed by atoms with Crippen LogP contribution in [0.15, 0.2) is 60.7 Å². The first-order valence-corrected chi connectivity index (χ1v) is 40.6. The molecule has 2 aromatic rings. The quantitative estimate of drug-likeness (QED) is 0.0845. The maximum Gasteiger partial charge on any atom is 0.410 e. The molecule has 8 aliphatic heterocycles. The van der Waals surface area contributed by atoms with Crippen LogP contribution in [0.25, 0.3) is 0 Å². The molecule has 4 aliphatic carbocycles. The summed E-state index contributed by atoms with van der Waals surface area (Å²) >= 11 is 5.01. The molecule has 9 amide bonds. The molecule has 30 nitrogen and oxygen atoms in total. The number of carbonyl (C=O) groups excluding carboxylic acids is 10. The van der Waals surface area contributed by atoms with Gasteiger partial charge in [0, 0.05) is 86.2 Å². The molecule has 8 fully saturated rings. The minimum Gasteiger partial charge on any atom is -0.450 e. The SMILES string of the molecule is Cl.N[C@H]1CCCCC/C=C\[C@@H]2C[C@@]2(C(=O)NS(=O)(=O)C2CC2)NC(=O)[C@@H]2C[C@@H](OC(=O)N3Cc4cccc(F)c4C3)CN2C1=O.O=C(Cl)OC1CCOCC1.O=C(N[C@H]1CCCCC/C=C\[C@@H]2C[C@@]2(C(=O)NS(=O)(=O)C2CC2)NC(=O)[C@@H]2C[C@@H](OC(=O)N3Cc4cccc(F)c4C3)CN2C1=O)OC1CCOCC1. The molecular weight excluding hydrogens is 1500 g/mol. The standard InChI is InChI=1S/C36H46FN5O10S.C30H38FN5O7S.C6H9ClO3.ClH/c37-28-9-6-7-22-19-41(21-27(22)28)35(47)52-25-17-30-31(43)39-36(33(45)40-53(48,49)26-11-12-26)18-23(36)8-4-2-1-3-5-10-29(32(44)42(30)20-25)38-34(46)51-24-13-15-50-16-14-24;31-23-9-6-7-18-15-35(17-22(18)23)29(40)43-20-13-25-26(37)33-30(28(39)34-44(41,42)21-11-12-21)14-19(30)8-4-2-1-3-5-10-24(32)27(38)36(25)16-20;7-6(8)10-5-1-3-9-4-2-5;/h4,6-9,23-26,29-30H,1-3,5,10-21H2,(H,38,46)(H,39,43)(H,40,45);4,6-9,19-21,24-25H,1-3,5,10-17,32H2,(H,33,37)(H,34,39);5H,1-4H2;1H/b2*8-4-;;/t23-,25-,29+,30+,36-;19-,20-,24+,25+,30-;;/m11../s1. The van der Waals surface area contributed by atoms with E-state index in [0.717, 1.165) is 44.9 Å². The van der Waals surface area contributed by atoms with E-state index in [1.54, 1.807) is 24.3 Å². The molecule has 36 heteroatoms. The lowest BCUT2D eigenvalue weighted by molar-refractivity contribution is -0.141. The Bertz CT molecular complexity index is 4030. The molecule has 7 N–H and O–H groups in total. The summed E-state index contributed by atoms with van der Waals surface area (Å²) in [7, 11) is -7.78. The number of nitrogens with two attached hydrogens (primary N) is 1. The van der Waals surface area contributed by atoms with Gasteiger partial charge >= 0.3 is 23.7 Å². The Morgan fingerprint density at radius 1 is 0.546 bits per heavy atom. The van der Waals surface area contributed by atoms with Crippen LogP contribution in [-0.2, 0) is 103 Å². The Morgan fingerprint density at radius 3 is 1.42 bits per heavy atom. The van der Waals surface area contributed by atoms with Crippen LogP contribution in [0.3, 0.4) is 0 Å². The van der Waals surface area contributed by atoms with Crippen molar-refractivity contribution in [2.24, 2.45) is 17.6 Å². The van der Waals surface area contributed by atoms with Crippen LogP contribution in [0.2, 0.25) is 0 Å². The number of nitrogens with zero attached hydrogens (tertiary/aromatic N) is 4. The lowest BCUT2D eigenvalue weighted by Gasteiger charge is -2.30. The van der Waals surface area contributed by atoms with E-state index in [1.165, 1.54) is 31.7 Å². The predicted molar refractivity (Wildman–Crippen MR) is 383 cm³/mol. The first-order valence-electron chi connectivity index (χ1n) is 37.1. The van der Waals surface area contributed by atoms with Crippen molar-refractivity contribution in [1.82, 2.24) is 45.0 Å². The van der Waals surface area contributed by atoms with Gasteiger partial charge in [0.05, 0.1) is 69.1 Å². The Kier molecular flexibility index (Phi) is 26.4. The number of ether oxygens (including phenoxy) is 6. The fourth-order valence-electron chi connectivity index (χ4n) is 15.1. The van der Waals surface area contributed by atoms with Gasteiger partial charge in [-0.25, -0.2) is 44.8 Å². The van der Waals surface area contributed by atoms with Crippen molar-refractivity contribution in [2.45, 2.75) is 238 Å². The first-order chi connectivity index (χ1) is 51.2. The second-order valence-corrected chi connectivity index (χ2v) is 33.9. The van der Waals surface area contributed by atoms with Gasteiger partial charge in [-0.15, -0.1) is 12.4 Å². The summed E-state index contributed by atoms with van der Waals surface area (Å²) in [4.78, 5) is 138. The highest BCUT2D eigenvalue weighted by Crippen LogP contribution is 2.48. The molecule has 0 unspecified atom stereocenters. The first kappa shape index (κ1) is 81.2. The summed E-state index contributed by atoms with van der Waals surface area (Å²) in [5, 5.41) is 7.01. The van der Waals surface area contributed by atoms with Crippen molar-refractivity contribution in [3.05, 3.63) is 94.6 Å². The minimum absolute atomic E-state index is 0. The molecule has 0 spiro atoms. The van der Waals surface area contributed by atoms with E-state index in [1.807, 2.05) is 24.3 Å². The van der Waals surface area contributed by atoms with Crippen LogP contribution in [0.1, 0.15) is 164 Å². The Morgan fingerprint density at radius 2 is 0.981 bits per heavy atom. The molecule has 10 atom stereocenters. The lowest BCUT2D eigenvalue weighted by Crippen LogP contribution is -2.58. The van der Waals surface area contributed by atoms with Crippen molar-refractivity contribution >= 4 is 103 Å². The second kappa shape index (κ2) is 35.1. The Balaban J connectivity index is 0.000000191. The number of rotatable bonds is 11. The summed E-state index contributed by atoms with van der Waals surface area (Å²) in [6.45, 7) is 2.29. The average molecular weight is 1590 g/mol. The lowest BCUT2D eigenvalue weighted by atomic mass is 10.0. The van der Waals surface area contributed by atoms with Crippen molar-refractivity contribution < 1.29 is 102 Å².